The number of rotatable bonds is 7. The molecule has 0 aliphatic heterocycles. The van der Waals surface area contributed by atoms with Crippen LogP contribution in [0.25, 0.3) is 5.65 Å². The molecule has 0 aliphatic rings. The maximum absolute atomic E-state index is 12.2. The first-order valence-electron chi connectivity index (χ1n) is 8.47. The van der Waals surface area contributed by atoms with Crippen molar-refractivity contribution in [3.05, 3.63) is 70.3 Å². The highest BCUT2D eigenvalue weighted by Gasteiger charge is 2.08. The molecule has 140 valence electrons. The van der Waals surface area contributed by atoms with Crippen LogP contribution in [-0.4, -0.2) is 29.1 Å². The molecular weight excluding hydrogens is 348 g/mol. The molecule has 27 heavy (non-hydrogen) atoms. The molecule has 2 heterocycles. The lowest BCUT2D eigenvalue weighted by Crippen LogP contribution is -2.18. The van der Waals surface area contributed by atoms with Crippen molar-refractivity contribution in [1.82, 2.24) is 9.38 Å². The number of methoxy groups -OCH3 is 1. The van der Waals surface area contributed by atoms with Gasteiger partial charge in [-0.15, -0.1) is 0 Å². The van der Waals surface area contributed by atoms with Crippen molar-refractivity contribution in [1.29, 1.82) is 0 Å². The number of carbonyl (C=O) groups excluding carboxylic acids is 1. The van der Waals surface area contributed by atoms with E-state index in [4.69, 9.17) is 14.2 Å². The molecule has 0 fully saturated rings. The molecule has 3 aromatic rings. The smallest absolute Gasteiger partial charge is 0.309 e. The predicted octanol–water partition coefficient (Wildman–Crippen LogP) is 2.52. The number of carbonyl (C=O) groups is 1. The summed E-state index contributed by atoms with van der Waals surface area (Å²) in [5.41, 5.74) is 1.53. The van der Waals surface area contributed by atoms with E-state index in [0.29, 0.717) is 17.1 Å². The Kier molecular flexibility index (Phi) is 5.71. The van der Waals surface area contributed by atoms with Gasteiger partial charge < -0.3 is 14.2 Å². The van der Waals surface area contributed by atoms with Gasteiger partial charge >= 0.3 is 5.97 Å². The predicted molar refractivity (Wildman–Crippen MR) is 99.1 cm³/mol. The van der Waals surface area contributed by atoms with E-state index in [1.54, 1.807) is 37.4 Å². The number of nitrogens with zero attached hydrogens (tertiary/aromatic N) is 2. The number of hydrogen-bond acceptors (Lipinski definition) is 6. The fourth-order valence-corrected chi connectivity index (χ4v) is 2.59. The summed E-state index contributed by atoms with van der Waals surface area (Å²) < 4.78 is 17.3. The zero-order valence-corrected chi connectivity index (χ0v) is 15.2. The van der Waals surface area contributed by atoms with E-state index in [-0.39, 0.29) is 25.2 Å². The van der Waals surface area contributed by atoms with Crippen LogP contribution in [0.1, 0.15) is 17.8 Å². The minimum absolute atomic E-state index is 0.0545. The Hall–Kier alpha value is -3.35. The first-order chi connectivity index (χ1) is 13.1. The van der Waals surface area contributed by atoms with Gasteiger partial charge in [0, 0.05) is 11.8 Å². The molecule has 0 bridgehead atoms. The average molecular weight is 368 g/mol. The Morgan fingerprint density at radius 1 is 1.11 bits per heavy atom. The second-order valence-corrected chi connectivity index (χ2v) is 5.88. The Balaban J connectivity index is 1.51. The van der Waals surface area contributed by atoms with Gasteiger partial charge in [0.1, 0.15) is 23.8 Å². The minimum Gasteiger partial charge on any atom is -0.497 e. The molecular formula is C20H20N2O5. The van der Waals surface area contributed by atoms with E-state index in [1.807, 2.05) is 19.1 Å². The normalized spacial score (nSPS) is 10.6. The third-order valence-corrected chi connectivity index (χ3v) is 3.95. The second kappa shape index (κ2) is 8.35. The number of fused-ring (bicyclic) bond motifs is 1. The zero-order chi connectivity index (χ0) is 19.2. The number of aryl methyl sites for hydroxylation is 1. The molecule has 7 heteroatoms. The molecule has 2 aromatic heterocycles. The topological polar surface area (TPSA) is 79.1 Å². The largest absolute Gasteiger partial charge is 0.497 e. The Morgan fingerprint density at radius 2 is 1.85 bits per heavy atom. The molecule has 0 aliphatic carbocycles. The highest BCUT2D eigenvalue weighted by atomic mass is 16.5. The van der Waals surface area contributed by atoms with Gasteiger partial charge in [-0.1, -0.05) is 6.07 Å². The van der Waals surface area contributed by atoms with E-state index in [1.165, 1.54) is 10.5 Å². The lowest BCUT2D eigenvalue weighted by molar-refractivity contribution is -0.145. The molecule has 0 N–H and O–H groups in total. The molecule has 3 rings (SSSR count). The average Bonchev–Trinajstić information content (AvgIpc) is 2.67. The maximum Gasteiger partial charge on any atom is 0.309 e. The number of aromatic nitrogens is 2. The first kappa shape index (κ1) is 18.4. The second-order valence-electron chi connectivity index (χ2n) is 5.88. The van der Waals surface area contributed by atoms with Crippen LogP contribution < -0.4 is 15.0 Å². The van der Waals surface area contributed by atoms with Gasteiger partial charge in [0.2, 0.25) is 0 Å². The zero-order valence-electron chi connectivity index (χ0n) is 15.2. The van der Waals surface area contributed by atoms with Crippen molar-refractivity contribution in [2.75, 3.05) is 13.7 Å². The van der Waals surface area contributed by atoms with Crippen molar-refractivity contribution < 1.29 is 19.0 Å². The van der Waals surface area contributed by atoms with Crippen LogP contribution >= 0.6 is 0 Å². The van der Waals surface area contributed by atoms with Gasteiger partial charge in [0.05, 0.1) is 25.8 Å². The number of hydrogen-bond donors (Lipinski definition) is 0. The first-order valence-corrected chi connectivity index (χ1v) is 8.47. The molecule has 0 spiro atoms. The number of ether oxygens (including phenoxy) is 3. The highest BCUT2D eigenvalue weighted by molar-refractivity contribution is 5.69. The SMILES string of the molecule is COc1ccc(OCCC(=O)OCc2cc(=O)n3c(C)cccc3n2)cc1. The van der Waals surface area contributed by atoms with Crippen LogP contribution in [0.2, 0.25) is 0 Å². The van der Waals surface area contributed by atoms with Crippen LogP contribution in [0, 0.1) is 6.92 Å². The minimum atomic E-state index is -0.422. The lowest BCUT2D eigenvalue weighted by atomic mass is 10.3. The summed E-state index contributed by atoms with van der Waals surface area (Å²) in [4.78, 5) is 28.4. The molecule has 0 unspecified atom stereocenters. The summed E-state index contributed by atoms with van der Waals surface area (Å²) in [6.45, 7) is 1.97. The summed E-state index contributed by atoms with van der Waals surface area (Å²) in [5, 5.41) is 0. The van der Waals surface area contributed by atoms with Crippen molar-refractivity contribution in [2.45, 2.75) is 20.0 Å². The quantitative estimate of drug-likeness (QED) is 0.596. The van der Waals surface area contributed by atoms with Gasteiger partial charge in [-0.25, -0.2) is 4.98 Å². The lowest BCUT2D eigenvalue weighted by Gasteiger charge is -2.08. The molecule has 1 aromatic carbocycles. The van der Waals surface area contributed by atoms with Crippen molar-refractivity contribution >= 4 is 11.6 Å². The van der Waals surface area contributed by atoms with Gasteiger partial charge in [-0.05, 0) is 43.3 Å². The fraction of sp³-hybridized carbons (Fsp3) is 0.250. The van der Waals surface area contributed by atoms with Crippen LogP contribution in [0.5, 0.6) is 11.5 Å². The third kappa shape index (κ3) is 4.63. The number of pyridine rings is 1. The third-order valence-electron chi connectivity index (χ3n) is 3.95. The van der Waals surface area contributed by atoms with Gasteiger partial charge in [-0.3, -0.25) is 14.0 Å². The van der Waals surface area contributed by atoms with Crippen molar-refractivity contribution in [2.24, 2.45) is 0 Å². The monoisotopic (exact) mass is 368 g/mol. The van der Waals surface area contributed by atoms with Crippen LogP contribution in [0.3, 0.4) is 0 Å². The van der Waals surface area contributed by atoms with Gasteiger partial charge in [0.25, 0.3) is 5.56 Å². The van der Waals surface area contributed by atoms with E-state index >= 15 is 0 Å². The van der Waals surface area contributed by atoms with Crippen LogP contribution in [0.15, 0.2) is 53.3 Å². The summed E-state index contributed by atoms with van der Waals surface area (Å²) >= 11 is 0. The summed E-state index contributed by atoms with van der Waals surface area (Å²) in [7, 11) is 1.59. The Morgan fingerprint density at radius 3 is 2.59 bits per heavy atom. The van der Waals surface area contributed by atoms with E-state index in [0.717, 1.165) is 11.4 Å². The van der Waals surface area contributed by atoms with E-state index in [9.17, 15) is 9.59 Å². The molecule has 0 saturated carbocycles. The van der Waals surface area contributed by atoms with Gasteiger partial charge in [0.15, 0.2) is 0 Å². The number of esters is 1. The summed E-state index contributed by atoms with van der Waals surface area (Å²) in [6.07, 6.45) is 0.0949. The van der Waals surface area contributed by atoms with Crippen molar-refractivity contribution in [3.63, 3.8) is 0 Å². The molecule has 0 saturated heterocycles. The van der Waals surface area contributed by atoms with Crippen LogP contribution in [-0.2, 0) is 16.1 Å². The summed E-state index contributed by atoms with van der Waals surface area (Å²) in [6, 6.07) is 13.8. The van der Waals surface area contributed by atoms with Crippen LogP contribution in [0.4, 0.5) is 0 Å². The number of benzene rings is 1. The fourth-order valence-electron chi connectivity index (χ4n) is 2.59. The molecule has 0 radical (unpaired) electrons. The molecule has 0 amide bonds. The van der Waals surface area contributed by atoms with E-state index in [2.05, 4.69) is 4.98 Å². The Labute approximate surface area is 156 Å². The van der Waals surface area contributed by atoms with Gasteiger partial charge in [-0.2, -0.15) is 0 Å². The molecule has 7 nitrogen and oxygen atoms in total. The van der Waals surface area contributed by atoms with Crippen molar-refractivity contribution in [3.8, 4) is 11.5 Å². The maximum atomic E-state index is 12.2. The molecule has 0 atom stereocenters. The summed E-state index contributed by atoms with van der Waals surface area (Å²) in [5.74, 6) is 0.952. The Bertz CT molecular complexity index is 995. The van der Waals surface area contributed by atoms with E-state index < -0.39 is 5.97 Å². The highest BCUT2D eigenvalue weighted by Crippen LogP contribution is 2.17. The standard InChI is InChI=1S/C20H20N2O5/c1-14-4-3-5-18-21-15(12-19(23)22(14)18)13-27-20(24)10-11-26-17-8-6-16(25-2)7-9-17/h3-9,12H,10-11,13H2,1-2H3.